The minimum absolute atomic E-state index is 0.221. The third kappa shape index (κ3) is 1.92. The number of nitrogens with zero attached hydrogens (tertiary/aromatic N) is 2. The monoisotopic (exact) mass is 306 g/mol. The first-order chi connectivity index (χ1) is 8.24. The molecule has 3 nitrogen and oxygen atoms in total. The Kier molecular flexibility index (Phi) is 2.57. The molecule has 2 heterocycles. The molecule has 0 bridgehead atoms. The van der Waals surface area contributed by atoms with Gasteiger partial charge in [-0.25, -0.2) is 9.97 Å². The van der Waals surface area contributed by atoms with Crippen LogP contribution in [0.1, 0.15) is 0 Å². The van der Waals surface area contributed by atoms with Crippen molar-refractivity contribution in [2.24, 2.45) is 0 Å². The zero-order chi connectivity index (χ0) is 11.8. The van der Waals surface area contributed by atoms with Gasteiger partial charge in [-0.3, -0.25) is 0 Å². The number of aromatic hydroxyl groups is 1. The van der Waals surface area contributed by atoms with Crippen molar-refractivity contribution >= 4 is 37.6 Å². The van der Waals surface area contributed by atoms with Gasteiger partial charge in [0.05, 0.1) is 5.56 Å². The largest absolute Gasteiger partial charge is 0.507 e. The number of halogens is 1. The lowest BCUT2D eigenvalue weighted by Crippen LogP contribution is -1.77. The van der Waals surface area contributed by atoms with E-state index in [2.05, 4.69) is 25.9 Å². The average Bonchev–Trinajstić information content (AvgIpc) is 2.72. The number of hydrogen-bond acceptors (Lipinski definition) is 4. The Hall–Kier alpha value is -1.46. The number of thiazole rings is 1. The fraction of sp³-hybridized carbons (Fsp3) is 0. The van der Waals surface area contributed by atoms with Crippen LogP contribution in [0.2, 0.25) is 0 Å². The summed E-state index contributed by atoms with van der Waals surface area (Å²) in [6.45, 7) is 0. The molecule has 0 spiro atoms. The summed E-state index contributed by atoms with van der Waals surface area (Å²) < 4.78 is 0.845. The third-order valence-corrected chi connectivity index (χ3v) is 3.86. The summed E-state index contributed by atoms with van der Waals surface area (Å²) in [5.41, 5.74) is 1.59. The van der Waals surface area contributed by atoms with Crippen LogP contribution in [0.4, 0.5) is 0 Å². The second-order valence-corrected chi connectivity index (χ2v) is 5.40. The quantitative estimate of drug-likeness (QED) is 0.743. The minimum atomic E-state index is 0.221. The molecule has 0 unspecified atom stereocenters. The van der Waals surface area contributed by atoms with E-state index in [0.29, 0.717) is 0 Å². The molecule has 0 aliphatic rings. The maximum atomic E-state index is 9.89. The minimum Gasteiger partial charge on any atom is -0.507 e. The van der Waals surface area contributed by atoms with Crippen LogP contribution in [0.3, 0.4) is 0 Å². The Morgan fingerprint density at radius 3 is 2.88 bits per heavy atom. The fourth-order valence-corrected chi connectivity index (χ4v) is 2.86. The zero-order valence-corrected chi connectivity index (χ0v) is 11.0. The van der Waals surface area contributed by atoms with E-state index in [0.717, 1.165) is 25.4 Å². The number of aromatic nitrogens is 2. The van der Waals surface area contributed by atoms with E-state index < -0.39 is 0 Å². The summed E-state index contributed by atoms with van der Waals surface area (Å²) in [5, 5.41) is 10.7. The van der Waals surface area contributed by atoms with Gasteiger partial charge in [-0.05, 0) is 30.3 Å². The molecule has 3 aromatic rings. The highest BCUT2D eigenvalue weighted by atomic mass is 79.9. The number of phenols is 1. The van der Waals surface area contributed by atoms with Crippen molar-refractivity contribution in [1.29, 1.82) is 0 Å². The molecule has 2 aromatic heterocycles. The van der Waals surface area contributed by atoms with Crippen LogP contribution in [0.25, 0.3) is 20.9 Å². The maximum Gasteiger partial charge on any atom is 0.143 e. The molecule has 5 heteroatoms. The van der Waals surface area contributed by atoms with Crippen LogP contribution in [0.5, 0.6) is 5.75 Å². The molecule has 0 saturated carbocycles. The molecule has 0 radical (unpaired) electrons. The fourth-order valence-electron chi connectivity index (χ4n) is 1.57. The van der Waals surface area contributed by atoms with Crippen LogP contribution in [-0.4, -0.2) is 15.1 Å². The van der Waals surface area contributed by atoms with E-state index in [1.807, 2.05) is 24.3 Å². The molecule has 0 saturated heterocycles. The van der Waals surface area contributed by atoms with Crippen LogP contribution >= 0.6 is 27.3 Å². The van der Waals surface area contributed by atoms with E-state index in [-0.39, 0.29) is 5.75 Å². The molecule has 1 aromatic carbocycles. The molecular weight excluding hydrogens is 300 g/mol. The Morgan fingerprint density at radius 1 is 1.24 bits per heavy atom. The lowest BCUT2D eigenvalue weighted by atomic mass is 10.2. The van der Waals surface area contributed by atoms with Gasteiger partial charge in [0, 0.05) is 10.7 Å². The van der Waals surface area contributed by atoms with Gasteiger partial charge >= 0.3 is 0 Å². The zero-order valence-electron chi connectivity index (χ0n) is 8.59. The second-order valence-electron chi connectivity index (χ2n) is 3.51. The van der Waals surface area contributed by atoms with Gasteiger partial charge in [0.25, 0.3) is 0 Å². The number of hydrogen-bond donors (Lipinski definition) is 1. The van der Waals surface area contributed by atoms with E-state index in [1.165, 1.54) is 11.3 Å². The molecule has 84 valence electrons. The topological polar surface area (TPSA) is 46.0 Å². The Balaban J connectivity index is 2.20. The summed E-state index contributed by atoms with van der Waals surface area (Å²) >= 11 is 4.79. The lowest BCUT2D eigenvalue weighted by Gasteiger charge is -2.00. The van der Waals surface area contributed by atoms with Gasteiger partial charge in [-0.2, -0.15) is 0 Å². The van der Waals surface area contributed by atoms with Crippen molar-refractivity contribution in [1.82, 2.24) is 9.97 Å². The van der Waals surface area contributed by atoms with Gasteiger partial charge in [-0.15, -0.1) is 0 Å². The van der Waals surface area contributed by atoms with Crippen LogP contribution < -0.4 is 0 Å². The van der Waals surface area contributed by atoms with Gasteiger partial charge in [-0.1, -0.05) is 27.3 Å². The predicted octanol–water partition coefficient (Wildman–Crippen LogP) is 3.83. The molecular formula is C12H7BrN2OS. The molecule has 0 atom stereocenters. The van der Waals surface area contributed by atoms with Gasteiger partial charge in [0.2, 0.25) is 0 Å². The molecule has 0 aliphatic carbocycles. The summed E-state index contributed by atoms with van der Waals surface area (Å²) in [4.78, 5) is 9.57. The normalized spacial score (nSPS) is 10.9. The highest BCUT2D eigenvalue weighted by Gasteiger charge is 2.10. The maximum absolute atomic E-state index is 9.89. The Bertz CT molecular complexity index is 663. The molecule has 0 amide bonds. The van der Waals surface area contributed by atoms with E-state index in [1.54, 1.807) is 12.3 Å². The Labute approximate surface area is 110 Å². The van der Waals surface area contributed by atoms with Gasteiger partial charge in [0.1, 0.15) is 21.1 Å². The molecule has 1 N–H and O–H groups in total. The van der Waals surface area contributed by atoms with E-state index in [4.69, 9.17) is 0 Å². The number of pyridine rings is 1. The predicted molar refractivity (Wildman–Crippen MR) is 72.2 cm³/mol. The summed E-state index contributed by atoms with van der Waals surface area (Å²) in [6, 6.07) is 9.16. The van der Waals surface area contributed by atoms with E-state index in [9.17, 15) is 5.11 Å². The lowest BCUT2D eigenvalue weighted by molar-refractivity contribution is 0.477. The Morgan fingerprint density at radius 2 is 2.12 bits per heavy atom. The van der Waals surface area contributed by atoms with Gasteiger partial charge < -0.3 is 5.11 Å². The van der Waals surface area contributed by atoms with Crippen molar-refractivity contribution < 1.29 is 5.11 Å². The van der Waals surface area contributed by atoms with Crippen molar-refractivity contribution in [3.8, 4) is 16.3 Å². The molecule has 0 fully saturated rings. The number of phenolic OH excluding ortho intramolecular Hbond substituents is 1. The van der Waals surface area contributed by atoms with Crippen LogP contribution in [0, 0.1) is 0 Å². The molecule has 0 aliphatic heterocycles. The number of benzene rings is 1. The van der Waals surface area contributed by atoms with Crippen LogP contribution in [-0.2, 0) is 0 Å². The number of fused-ring (bicyclic) bond motifs is 1. The van der Waals surface area contributed by atoms with Crippen LogP contribution in [0.15, 0.2) is 41.0 Å². The van der Waals surface area contributed by atoms with E-state index >= 15 is 0 Å². The van der Waals surface area contributed by atoms with Crippen molar-refractivity contribution in [2.75, 3.05) is 0 Å². The standard InChI is InChI=1S/C12H7BrN2OS/c13-7-3-4-8(10(16)6-7)11-15-9-2-1-5-14-12(9)17-11/h1-6,16H. The average molecular weight is 307 g/mol. The highest BCUT2D eigenvalue weighted by Crippen LogP contribution is 2.35. The van der Waals surface area contributed by atoms with Crippen molar-refractivity contribution in [3.05, 3.63) is 41.0 Å². The summed E-state index contributed by atoms with van der Waals surface area (Å²) in [7, 11) is 0. The smallest absolute Gasteiger partial charge is 0.143 e. The summed E-state index contributed by atoms with van der Waals surface area (Å²) in [5.74, 6) is 0.221. The second kappa shape index (κ2) is 4.09. The van der Waals surface area contributed by atoms with Gasteiger partial charge in [0.15, 0.2) is 0 Å². The summed E-state index contributed by atoms with van der Waals surface area (Å²) in [6.07, 6.45) is 1.74. The van der Waals surface area contributed by atoms with Crippen molar-refractivity contribution in [3.63, 3.8) is 0 Å². The highest BCUT2D eigenvalue weighted by molar-refractivity contribution is 9.10. The first-order valence-electron chi connectivity index (χ1n) is 4.94. The number of rotatable bonds is 1. The SMILES string of the molecule is Oc1cc(Br)ccc1-c1nc2cccnc2s1. The third-order valence-electron chi connectivity index (χ3n) is 2.36. The molecule has 17 heavy (non-hydrogen) atoms. The first-order valence-corrected chi connectivity index (χ1v) is 6.55. The first kappa shape index (κ1) is 10.7. The van der Waals surface area contributed by atoms with Crippen molar-refractivity contribution in [2.45, 2.75) is 0 Å². The molecule has 3 rings (SSSR count).